The molecule has 1 aliphatic rings. The molecule has 0 aliphatic carbocycles. The first-order valence-electron chi connectivity index (χ1n) is 6.77. The first kappa shape index (κ1) is 12.7. The monoisotopic (exact) mass is 267 g/mol. The third-order valence-electron chi connectivity index (χ3n) is 3.46. The summed E-state index contributed by atoms with van der Waals surface area (Å²) >= 11 is 0. The summed E-state index contributed by atoms with van der Waals surface area (Å²) in [7, 11) is 1.68. The maximum absolute atomic E-state index is 5.56. The van der Waals surface area contributed by atoms with Gasteiger partial charge in [-0.25, -0.2) is 0 Å². The zero-order valence-corrected chi connectivity index (χ0v) is 11.5. The fourth-order valence-corrected chi connectivity index (χ4v) is 2.46. The summed E-state index contributed by atoms with van der Waals surface area (Å²) in [6.07, 6.45) is 1.80. The number of methoxy groups -OCH3 is 1. The predicted molar refractivity (Wildman–Crippen MR) is 79.2 cm³/mol. The first-order chi connectivity index (χ1) is 9.86. The Hall–Kier alpha value is -2.29. The topological polar surface area (TPSA) is 30.8 Å². The van der Waals surface area contributed by atoms with Crippen LogP contribution in [0.25, 0.3) is 0 Å². The van der Waals surface area contributed by atoms with E-state index >= 15 is 0 Å². The molecular weight excluding hydrogens is 250 g/mol. The highest BCUT2D eigenvalue weighted by Crippen LogP contribution is 2.25. The van der Waals surface area contributed by atoms with E-state index in [2.05, 4.69) is 17.3 Å². The highest BCUT2D eigenvalue weighted by molar-refractivity contribution is 6.03. The molecule has 0 aromatic heterocycles. The van der Waals surface area contributed by atoms with E-state index in [-0.39, 0.29) is 6.10 Å². The lowest BCUT2D eigenvalue weighted by atomic mass is 10.00. The summed E-state index contributed by atoms with van der Waals surface area (Å²) in [5.41, 5.74) is 3.25. The molecule has 3 heteroatoms. The van der Waals surface area contributed by atoms with Crippen LogP contribution in [0, 0.1) is 0 Å². The van der Waals surface area contributed by atoms with Crippen molar-refractivity contribution in [2.75, 3.05) is 7.11 Å². The summed E-state index contributed by atoms with van der Waals surface area (Å²) in [6, 6.07) is 18.3. The Morgan fingerprint density at radius 1 is 1.10 bits per heavy atom. The van der Waals surface area contributed by atoms with E-state index in [9.17, 15) is 0 Å². The second-order valence-electron chi connectivity index (χ2n) is 4.86. The van der Waals surface area contributed by atoms with Crippen LogP contribution in [0.5, 0.6) is 5.75 Å². The molecular formula is C17H17NO2. The Kier molecular flexibility index (Phi) is 3.68. The van der Waals surface area contributed by atoms with E-state index in [1.807, 2.05) is 42.5 Å². The van der Waals surface area contributed by atoms with Gasteiger partial charge in [-0.15, -0.1) is 0 Å². The van der Waals surface area contributed by atoms with Gasteiger partial charge in [0.25, 0.3) is 0 Å². The van der Waals surface area contributed by atoms with Crippen molar-refractivity contribution in [1.29, 1.82) is 0 Å². The van der Waals surface area contributed by atoms with Crippen molar-refractivity contribution in [3.63, 3.8) is 0 Å². The van der Waals surface area contributed by atoms with Crippen molar-refractivity contribution in [3.8, 4) is 5.75 Å². The van der Waals surface area contributed by atoms with Crippen LogP contribution in [0.2, 0.25) is 0 Å². The molecule has 0 saturated carbocycles. The van der Waals surface area contributed by atoms with Crippen LogP contribution in [0.15, 0.2) is 59.8 Å². The molecule has 0 bridgehead atoms. The first-order valence-corrected chi connectivity index (χ1v) is 6.77. The number of para-hydroxylation sites is 1. The second-order valence-corrected chi connectivity index (χ2v) is 4.86. The van der Waals surface area contributed by atoms with Crippen LogP contribution in [0.4, 0.5) is 0 Å². The quantitative estimate of drug-likeness (QED) is 0.849. The van der Waals surface area contributed by atoms with Gasteiger partial charge in [-0.2, -0.15) is 0 Å². The Bertz CT molecular complexity index is 607. The molecule has 20 heavy (non-hydrogen) atoms. The molecule has 2 aromatic carbocycles. The molecule has 1 aliphatic heterocycles. The minimum Gasteiger partial charge on any atom is -0.496 e. The van der Waals surface area contributed by atoms with Crippen LogP contribution < -0.4 is 4.74 Å². The fourth-order valence-electron chi connectivity index (χ4n) is 2.46. The van der Waals surface area contributed by atoms with E-state index < -0.39 is 0 Å². The number of hydrogen-bond donors (Lipinski definition) is 0. The van der Waals surface area contributed by atoms with Gasteiger partial charge >= 0.3 is 0 Å². The van der Waals surface area contributed by atoms with Crippen molar-refractivity contribution in [3.05, 3.63) is 65.7 Å². The maximum Gasteiger partial charge on any atom is 0.137 e. The molecule has 0 N–H and O–H groups in total. The summed E-state index contributed by atoms with van der Waals surface area (Å²) in [6.45, 7) is 0. The molecule has 0 saturated heterocycles. The molecule has 0 amide bonds. The number of nitrogens with zero attached hydrogens (tertiary/aromatic N) is 1. The molecule has 2 aromatic rings. The average Bonchev–Trinajstić information content (AvgIpc) is 2.96. The Morgan fingerprint density at radius 2 is 1.85 bits per heavy atom. The molecule has 1 heterocycles. The number of oxime groups is 1. The number of benzene rings is 2. The van der Waals surface area contributed by atoms with Gasteiger partial charge < -0.3 is 9.57 Å². The van der Waals surface area contributed by atoms with Crippen molar-refractivity contribution in [1.82, 2.24) is 0 Å². The smallest absolute Gasteiger partial charge is 0.137 e. The SMILES string of the molecule is COc1ccccc1C1=NO[C@H](Cc2ccccc2)C1. The lowest BCUT2D eigenvalue weighted by Crippen LogP contribution is -2.12. The summed E-state index contributed by atoms with van der Waals surface area (Å²) in [4.78, 5) is 5.56. The standard InChI is InChI=1S/C17H17NO2/c1-19-17-10-6-5-9-15(17)16-12-14(20-18-16)11-13-7-3-2-4-8-13/h2-10,14H,11-12H2,1H3/t14-/m1/s1. The zero-order valence-electron chi connectivity index (χ0n) is 11.5. The van der Waals surface area contributed by atoms with Crippen LogP contribution in [-0.4, -0.2) is 18.9 Å². The number of hydrogen-bond acceptors (Lipinski definition) is 3. The van der Waals surface area contributed by atoms with Gasteiger partial charge in [-0.3, -0.25) is 0 Å². The molecule has 0 spiro atoms. The second kappa shape index (κ2) is 5.78. The van der Waals surface area contributed by atoms with Crippen LogP contribution in [0.3, 0.4) is 0 Å². The molecule has 3 rings (SSSR count). The summed E-state index contributed by atoms with van der Waals surface area (Å²) < 4.78 is 5.37. The lowest BCUT2D eigenvalue weighted by Gasteiger charge is -2.08. The maximum atomic E-state index is 5.56. The minimum absolute atomic E-state index is 0.109. The van der Waals surface area contributed by atoms with Gasteiger partial charge in [0.1, 0.15) is 11.9 Å². The Balaban J connectivity index is 1.70. The van der Waals surface area contributed by atoms with E-state index in [4.69, 9.17) is 9.57 Å². The normalized spacial score (nSPS) is 17.4. The molecule has 0 fully saturated rings. The highest BCUT2D eigenvalue weighted by Gasteiger charge is 2.24. The summed E-state index contributed by atoms with van der Waals surface area (Å²) in [5, 5.41) is 4.23. The lowest BCUT2D eigenvalue weighted by molar-refractivity contribution is 0.0859. The number of ether oxygens (including phenoxy) is 1. The third-order valence-corrected chi connectivity index (χ3v) is 3.46. The van der Waals surface area contributed by atoms with Crippen LogP contribution in [0.1, 0.15) is 17.5 Å². The van der Waals surface area contributed by atoms with Gasteiger partial charge in [0, 0.05) is 18.4 Å². The van der Waals surface area contributed by atoms with Gasteiger partial charge in [-0.05, 0) is 17.7 Å². The minimum atomic E-state index is 0.109. The highest BCUT2D eigenvalue weighted by atomic mass is 16.6. The van der Waals surface area contributed by atoms with Crippen LogP contribution in [-0.2, 0) is 11.3 Å². The van der Waals surface area contributed by atoms with Gasteiger partial charge in [0.05, 0.1) is 12.8 Å². The largest absolute Gasteiger partial charge is 0.496 e. The Labute approximate surface area is 118 Å². The average molecular weight is 267 g/mol. The molecule has 0 unspecified atom stereocenters. The zero-order chi connectivity index (χ0) is 13.8. The molecule has 3 nitrogen and oxygen atoms in total. The molecule has 1 atom stereocenters. The van der Waals surface area contributed by atoms with Crippen molar-refractivity contribution in [2.45, 2.75) is 18.9 Å². The number of rotatable bonds is 4. The van der Waals surface area contributed by atoms with E-state index in [1.165, 1.54) is 5.56 Å². The van der Waals surface area contributed by atoms with Gasteiger partial charge in [-0.1, -0.05) is 47.6 Å². The Morgan fingerprint density at radius 3 is 2.65 bits per heavy atom. The van der Waals surface area contributed by atoms with E-state index in [0.29, 0.717) is 0 Å². The third kappa shape index (κ3) is 2.67. The predicted octanol–water partition coefficient (Wildman–Crippen LogP) is 3.43. The van der Waals surface area contributed by atoms with E-state index in [1.54, 1.807) is 7.11 Å². The van der Waals surface area contributed by atoms with Crippen molar-refractivity contribution in [2.24, 2.45) is 5.16 Å². The molecule has 0 radical (unpaired) electrons. The molecule has 102 valence electrons. The van der Waals surface area contributed by atoms with E-state index in [0.717, 1.165) is 29.9 Å². The van der Waals surface area contributed by atoms with Crippen molar-refractivity contribution >= 4 is 5.71 Å². The van der Waals surface area contributed by atoms with Gasteiger partial charge in [0.15, 0.2) is 0 Å². The fraction of sp³-hybridized carbons (Fsp3) is 0.235. The van der Waals surface area contributed by atoms with Crippen LogP contribution >= 0.6 is 0 Å². The van der Waals surface area contributed by atoms with Gasteiger partial charge in [0.2, 0.25) is 0 Å². The van der Waals surface area contributed by atoms with Crippen molar-refractivity contribution < 1.29 is 9.57 Å². The summed E-state index contributed by atoms with van der Waals surface area (Å²) in [5.74, 6) is 0.843.